The zero-order chi connectivity index (χ0) is 17.7. The van der Waals surface area contributed by atoms with Gasteiger partial charge in [0.2, 0.25) is 0 Å². The highest BCUT2D eigenvalue weighted by Crippen LogP contribution is 2.25. The lowest BCUT2D eigenvalue weighted by Crippen LogP contribution is -2.40. The standard InChI is InChI=1S/C18H21FN2O3/c1-12-4-9-16(24-3)15(10-12)21-17(22)20-11-18(2,23)13-5-7-14(19)8-6-13/h4-10,23H,11H2,1-3H3,(H2,20,21,22). The van der Waals surface area contributed by atoms with Gasteiger partial charge in [0.25, 0.3) is 0 Å². The largest absolute Gasteiger partial charge is 0.495 e. The predicted octanol–water partition coefficient (Wildman–Crippen LogP) is 3.17. The van der Waals surface area contributed by atoms with Gasteiger partial charge in [0.15, 0.2) is 0 Å². The fourth-order valence-electron chi connectivity index (χ4n) is 2.25. The summed E-state index contributed by atoms with van der Waals surface area (Å²) in [6.07, 6.45) is 0. The van der Waals surface area contributed by atoms with Crippen LogP contribution in [0.2, 0.25) is 0 Å². The number of ether oxygens (including phenoxy) is 1. The molecule has 1 unspecified atom stereocenters. The minimum absolute atomic E-state index is 0.0292. The average Bonchev–Trinajstić information content (AvgIpc) is 2.54. The maximum Gasteiger partial charge on any atom is 0.319 e. The van der Waals surface area contributed by atoms with Crippen LogP contribution >= 0.6 is 0 Å². The van der Waals surface area contributed by atoms with E-state index in [1.807, 2.05) is 13.0 Å². The Morgan fingerprint density at radius 1 is 1.25 bits per heavy atom. The van der Waals surface area contributed by atoms with Crippen molar-refractivity contribution < 1.29 is 19.0 Å². The first-order valence-electron chi connectivity index (χ1n) is 7.50. The molecule has 1 atom stereocenters. The van der Waals surface area contributed by atoms with Gasteiger partial charge in [0.05, 0.1) is 19.3 Å². The lowest BCUT2D eigenvalue weighted by Gasteiger charge is -2.24. The topological polar surface area (TPSA) is 70.6 Å². The third-order valence-electron chi connectivity index (χ3n) is 3.66. The Hall–Kier alpha value is -2.60. The molecule has 5 nitrogen and oxygen atoms in total. The van der Waals surface area contributed by atoms with E-state index in [4.69, 9.17) is 4.74 Å². The molecule has 128 valence electrons. The fraction of sp³-hybridized carbons (Fsp3) is 0.278. The Morgan fingerprint density at radius 3 is 2.54 bits per heavy atom. The van der Waals surface area contributed by atoms with Crippen molar-refractivity contribution in [3.63, 3.8) is 0 Å². The van der Waals surface area contributed by atoms with Crippen molar-refractivity contribution in [1.82, 2.24) is 5.32 Å². The maximum atomic E-state index is 13.0. The maximum absolute atomic E-state index is 13.0. The number of aryl methyl sites for hydroxylation is 1. The molecular formula is C18H21FN2O3. The molecule has 0 aliphatic carbocycles. The summed E-state index contributed by atoms with van der Waals surface area (Å²) in [5, 5.41) is 15.7. The number of hydrogen-bond donors (Lipinski definition) is 3. The van der Waals surface area contributed by atoms with E-state index in [-0.39, 0.29) is 12.4 Å². The number of benzene rings is 2. The molecule has 0 radical (unpaired) electrons. The number of hydrogen-bond acceptors (Lipinski definition) is 3. The number of halogens is 1. The predicted molar refractivity (Wildman–Crippen MR) is 90.7 cm³/mol. The third kappa shape index (κ3) is 4.45. The van der Waals surface area contributed by atoms with Gasteiger partial charge in [-0.3, -0.25) is 0 Å². The smallest absolute Gasteiger partial charge is 0.319 e. The van der Waals surface area contributed by atoms with Crippen LogP contribution in [0.5, 0.6) is 5.75 Å². The van der Waals surface area contributed by atoms with Crippen LogP contribution < -0.4 is 15.4 Å². The highest BCUT2D eigenvalue weighted by atomic mass is 19.1. The van der Waals surface area contributed by atoms with E-state index in [2.05, 4.69) is 10.6 Å². The molecule has 0 saturated carbocycles. The zero-order valence-electron chi connectivity index (χ0n) is 13.9. The van der Waals surface area contributed by atoms with E-state index in [1.54, 1.807) is 19.1 Å². The molecule has 0 heterocycles. The van der Waals surface area contributed by atoms with E-state index < -0.39 is 11.6 Å². The lowest BCUT2D eigenvalue weighted by atomic mass is 9.96. The average molecular weight is 332 g/mol. The minimum atomic E-state index is -1.32. The molecule has 2 amide bonds. The molecule has 2 aromatic carbocycles. The molecule has 0 aliphatic rings. The Bertz CT molecular complexity index is 715. The van der Waals surface area contributed by atoms with E-state index in [0.29, 0.717) is 17.0 Å². The first-order chi connectivity index (χ1) is 11.3. The van der Waals surface area contributed by atoms with E-state index in [1.165, 1.54) is 31.4 Å². The van der Waals surface area contributed by atoms with Gasteiger partial charge in [-0.05, 0) is 49.2 Å². The molecule has 0 saturated heterocycles. The number of aliphatic hydroxyl groups is 1. The van der Waals surface area contributed by atoms with Crippen LogP contribution in [0, 0.1) is 12.7 Å². The lowest BCUT2D eigenvalue weighted by molar-refractivity contribution is 0.0599. The van der Waals surface area contributed by atoms with Gasteiger partial charge in [-0.25, -0.2) is 9.18 Å². The molecular weight excluding hydrogens is 311 g/mol. The highest BCUT2D eigenvalue weighted by Gasteiger charge is 2.24. The summed E-state index contributed by atoms with van der Waals surface area (Å²) >= 11 is 0. The number of urea groups is 1. The second kappa shape index (κ2) is 7.31. The van der Waals surface area contributed by atoms with Gasteiger partial charge in [-0.2, -0.15) is 0 Å². The molecule has 6 heteroatoms. The zero-order valence-corrected chi connectivity index (χ0v) is 13.9. The second-order valence-electron chi connectivity index (χ2n) is 5.79. The van der Waals surface area contributed by atoms with Crippen LogP contribution in [-0.4, -0.2) is 24.8 Å². The van der Waals surface area contributed by atoms with Gasteiger partial charge in [-0.1, -0.05) is 18.2 Å². The number of rotatable bonds is 5. The summed E-state index contributed by atoms with van der Waals surface area (Å²) in [5.74, 6) is 0.160. The quantitative estimate of drug-likeness (QED) is 0.787. The number of amides is 2. The van der Waals surface area contributed by atoms with Crippen LogP contribution in [0.25, 0.3) is 0 Å². The Balaban J connectivity index is 2.00. The fourth-order valence-corrected chi connectivity index (χ4v) is 2.25. The van der Waals surface area contributed by atoms with Crippen molar-refractivity contribution in [2.45, 2.75) is 19.4 Å². The number of anilines is 1. The summed E-state index contributed by atoms with van der Waals surface area (Å²) in [7, 11) is 1.52. The summed E-state index contributed by atoms with van der Waals surface area (Å²) in [6, 6.07) is 10.5. The van der Waals surface area contributed by atoms with Gasteiger partial charge in [0, 0.05) is 0 Å². The van der Waals surface area contributed by atoms with Crippen molar-refractivity contribution in [2.75, 3.05) is 19.0 Å². The van der Waals surface area contributed by atoms with Crippen LogP contribution in [0.1, 0.15) is 18.1 Å². The Kier molecular flexibility index (Phi) is 5.41. The first-order valence-corrected chi connectivity index (χ1v) is 7.50. The summed E-state index contributed by atoms with van der Waals surface area (Å²) in [4.78, 5) is 12.1. The molecule has 0 aromatic heterocycles. The van der Waals surface area contributed by atoms with Crippen LogP contribution in [0.3, 0.4) is 0 Å². The summed E-state index contributed by atoms with van der Waals surface area (Å²) < 4.78 is 18.2. The second-order valence-corrected chi connectivity index (χ2v) is 5.79. The summed E-state index contributed by atoms with van der Waals surface area (Å²) in [6.45, 7) is 3.42. The molecule has 2 rings (SSSR count). The summed E-state index contributed by atoms with van der Waals surface area (Å²) in [5.41, 5.74) is 0.708. The van der Waals surface area contributed by atoms with Crippen molar-refractivity contribution in [1.29, 1.82) is 0 Å². The van der Waals surface area contributed by atoms with Gasteiger partial charge < -0.3 is 20.5 Å². The number of methoxy groups -OCH3 is 1. The number of carbonyl (C=O) groups is 1. The molecule has 24 heavy (non-hydrogen) atoms. The van der Waals surface area contributed by atoms with Crippen LogP contribution in [-0.2, 0) is 5.60 Å². The number of carbonyl (C=O) groups excluding carboxylic acids is 1. The van der Waals surface area contributed by atoms with Crippen LogP contribution in [0.4, 0.5) is 14.9 Å². The molecule has 0 spiro atoms. The van der Waals surface area contributed by atoms with Crippen molar-refractivity contribution in [3.8, 4) is 5.75 Å². The Labute approximate surface area is 140 Å². The monoisotopic (exact) mass is 332 g/mol. The van der Waals surface area contributed by atoms with Crippen LogP contribution in [0.15, 0.2) is 42.5 Å². The third-order valence-corrected chi connectivity index (χ3v) is 3.66. The van der Waals surface area contributed by atoms with Crippen molar-refractivity contribution in [2.24, 2.45) is 0 Å². The SMILES string of the molecule is COc1ccc(C)cc1NC(=O)NCC(C)(O)c1ccc(F)cc1. The first kappa shape index (κ1) is 17.7. The van der Waals surface area contributed by atoms with Gasteiger partial charge in [-0.15, -0.1) is 0 Å². The van der Waals surface area contributed by atoms with Gasteiger partial charge in [0.1, 0.15) is 17.2 Å². The molecule has 0 aliphatic heterocycles. The normalized spacial score (nSPS) is 13.0. The number of nitrogens with one attached hydrogen (secondary N) is 2. The molecule has 0 bridgehead atoms. The van der Waals surface area contributed by atoms with Crippen molar-refractivity contribution in [3.05, 3.63) is 59.4 Å². The molecule has 2 aromatic rings. The van der Waals surface area contributed by atoms with E-state index in [0.717, 1.165) is 5.56 Å². The Morgan fingerprint density at radius 2 is 1.92 bits per heavy atom. The molecule has 3 N–H and O–H groups in total. The highest BCUT2D eigenvalue weighted by molar-refractivity contribution is 5.91. The van der Waals surface area contributed by atoms with Gasteiger partial charge >= 0.3 is 6.03 Å². The van der Waals surface area contributed by atoms with E-state index in [9.17, 15) is 14.3 Å². The minimum Gasteiger partial charge on any atom is -0.495 e. The molecule has 0 fully saturated rings. The van der Waals surface area contributed by atoms with E-state index >= 15 is 0 Å². The van der Waals surface area contributed by atoms with Crippen molar-refractivity contribution >= 4 is 11.7 Å².